The normalized spacial score (nSPS) is 12.5. The Labute approximate surface area is 121 Å². The first-order valence-electron chi connectivity index (χ1n) is 6.55. The van der Waals surface area contributed by atoms with Crippen LogP contribution in [0.3, 0.4) is 0 Å². The summed E-state index contributed by atoms with van der Waals surface area (Å²) < 4.78 is 1.81. The minimum absolute atomic E-state index is 0.119. The largest absolute Gasteiger partial charge is 0.271 e. The van der Waals surface area contributed by atoms with Crippen LogP contribution in [-0.4, -0.2) is 30.0 Å². The Hall–Kier alpha value is -2.58. The first kappa shape index (κ1) is 13.4. The minimum atomic E-state index is -0.119. The highest BCUT2D eigenvalue weighted by Crippen LogP contribution is 2.17. The number of nitrogens with two attached hydrogens (primary N) is 1. The molecule has 2 aromatic heterocycles. The fourth-order valence-corrected chi connectivity index (χ4v) is 2.10. The molecule has 0 aliphatic heterocycles. The van der Waals surface area contributed by atoms with Crippen molar-refractivity contribution < 1.29 is 0 Å². The number of nitrogens with one attached hydrogen (secondary N) is 1. The maximum atomic E-state index is 5.64. The Morgan fingerprint density at radius 1 is 1.29 bits per heavy atom. The molecular weight excluding hydrogens is 268 g/mol. The molecule has 0 amide bonds. The van der Waals surface area contributed by atoms with E-state index in [0.29, 0.717) is 12.2 Å². The SMILES string of the molecule is Cn1nnc(CC(NN)c2cnn(-c3ccccc3)c2)n1. The summed E-state index contributed by atoms with van der Waals surface area (Å²) in [4.78, 5) is 1.43. The molecule has 3 N–H and O–H groups in total. The molecule has 8 heteroatoms. The van der Waals surface area contributed by atoms with Crippen molar-refractivity contribution in [3.8, 4) is 5.69 Å². The summed E-state index contributed by atoms with van der Waals surface area (Å²) in [5.74, 6) is 6.27. The second-order valence-electron chi connectivity index (χ2n) is 4.67. The molecule has 3 rings (SSSR count). The van der Waals surface area contributed by atoms with Gasteiger partial charge >= 0.3 is 0 Å². The Morgan fingerprint density at radius 3 is 2.76 bits per heavy atom. The number of hydrogen-bond acceptors (Lipinski definition) is 6. The van der Waals surface area contributed by atoms with Crippen molar-refractivity contribution in [2.45, 2.75) is 12.5 Å². The van der Waals surface area contributed by atoms with E-state index >= 15 is 0 Å². The summed E-state index contributed by atoms with van der Waals surface area (Å²) >= 11 is 0. The van der Waals surface area contributed by atoms with Gasteiger partial charge in [-0.1, -0.05) is 18.2 Å². The maximum Gasteiger partial charge on any atom is 0.176 e. The van der Waals surface area contributed by atoms with E-state index in [1.165, 1.54) is 4.80 Å². The van der Waals surface area contributed by atoms with E-state index in [1.54, 1.807) is 13.2 Å². The fourth-order valence-electron chi connectivity index (χ4n) is 2.10. The second-order valence-corrected chi connectivity index (χ2v) is 4.67. The van der Waals surface area contributed by atoms with Crippen LogP contribution in [0.1, 0.15) is 17.4 Å². The van der Waals surface area contributed by atoms with Crippen LogP contribution < -0.4 is 11.3 Å². The molecular formula is C13H16N8. The molecule has 0 saturated carbocycles. The molecule has 21 heavy (non-hydrogen) atoms. The predicted molar refractivity (Wildman–Crippen MR) is 76.1 cm³/mol. The van der Waals surface area contributed by atoms with Crippen molar-refractivity contribution in [1.29, 1.82) is 0 Å². The van der Waals surface area contributed by atoms with E-state index in [9.17, 15) is 0 Å². The summed E-state index contributed by atoms with van der Waals surface area (Å²) in [6.45, 7) is 0. The lowest BCUT2D eigenvalue weighted by Gasteiger charge is -2.11. The third-order valence-electron chi connectivity index (χ3n) is 3.16. The van der Waals surface area contributed by atoms with Gasteiger partial charge < -0.3 is 0 Å². The van der Waals surface area contributed by atoms with E-state index in [0.717, 1.165) is 11.3 Å². The average Bonchev–Trinajstić information content (AvgIpc) is 3.15. The number of nitrogens with zero attached hydrogens (tertiary/aromatic N) is 6. The number of aromatic nitrogens is 6. The number of hydrazine groups is 1. The predicted octanol–water partition coefficient (Wildman–Crippen LogP) is 0.143. The smallest absolute Gasteiger partial charge is 0.176 e. The van der Waals surface area contributed by atoms with E-state index in [4.69, 9.17) is 5.84 Å². The lowest BCUT2D eigenvalue weighted by molar-refractivity contribution is 0.536. The zero-order valence-electron chi connectivity index (χ0n) is 11.6. The van der Waals surface area contributed by atoms with Crippen molar-refractivity contribution in [2.75, 3.05) is 0 Å². The number of para-hydroxylation sites is 1. The molecule has 0 radical (unpaired) electrons. The maximum absolute atomic E-state index is 5.64. The van der Waals surface area contributed by atoms with Crippen molar-refractivity contribution in [1.82, 2.24) is 35.4 Å². The third kappa shape index (κ3) is 2.96. The van der Waals surface area contributed by atoms with Gasteiger partial charge in [-0.2, -0.15) is 9.90 Å². The van der Waals surface area contributed by atoms with Crippen LogP contribution in [0.15, 0.2) is 42.7 Å². The van der Waals surface area contributed by atoms with E-state index in [1.807, 2.05) is 41.2 Å². The van der Waals surface area contributed by atoms with Gasteiger partial charge in [0.15, 0.2) is 5.82 Å². The van der Waals surface area contributed by atoms with E-state index < -0.39 is 0 Å². The van der Waals surface area contributed by atoms with Crippen molar-refractivity contribution in [3.63, 3.8) is 0 Å². The molecule has 0 spiro atoms. The number of aryl methyl sites for hydroxylation is 1. The van der Waals surface area contributed by atoms with Crippen LogP contribution >= 0.6 is 0 Å². The highest BCUT2D eigenvalue weighted by atomic mass is 15.6. The molecule has 0 bridgehead atoms. The van der Waals surface area contributed by atoms with Gasteiger partial charge in [0.1, 0.15) is 0 Å². The first-order valence-corrected chi connectivity index (χ1v) is 6.55. The van der Waals surface area contributed by atoms with Crippen LogP contribution in [0, 0.1) is 0 Å². The standard InChI is InChI=1S/C13H16N8/c1-20-18-13(17-19-20)7-12(16-14)10-8-15-21(9-10)11-5-3-2-4-6-11/h2-6,8-9,12,16H,7,14H2,1H3. The molecule has 0 aliphatic carbocycles. The first-order chi connectivity index (χ1) is 10.3. The minimum Gasteiger partial charge on any atom is -0.271 e. The Balaban J connectivity index is 1.80. The quantitative estimate of drug-likeness (QED) is 0.511. The Morgan fingerprint density at radius 2 is 2.10 bits per heavy atom. The molecule has 1 atom stereocenters. The van der Waals surface area contributed by atoms with Crippen molar-refractivity contribution in [3.05, 3.63) is 54.1 Å². The average molecular weight is 284 g/mol. The lowest BCUT2D eigenvalue weighted by Crippen LogP contribution is -2.29. The Bertz CT molecular complexity index is 702. The summed E-state index contributed by atoms with van der Waals surface area (Å²) in [6.07, 6.45) is 4.27. The summed E-state index contributed by atoms with van der Waals surface area (Å²) in [5.41, 5.74) is 4.73. The molecule has 108 valence electrons. The topological polar surface area (TPSA) is 99.5 Å². The Kier molecular flexibility index (Phi) is 3.71. The summed E-state index contributed by atoms with van der Waals surface area (Å²) in [7, 11) is 1.73. The van der Waals surface area contributed by atoms with E-state index in [-0.39, 0.29) is 6.04 Å². The van der Waals surface area contributed by atoms with Gasteiger partial charge in [-0.15, -0.1) is 10.2 Å². The monoisotopic (exact) mass is 284 g/mol. The third-order valence-corrected chi connectivity index (χ3v) is 3.16. The molecule has 8 nitrogen and oxygen atoms in total. The molecule has 0 saturated heterocycles. The van der Waals surface area contributed by atoms with Crippen LogP contribution in [-0.2, 0) is 13.5 Å². The van der Waals surface area contributed by atoms with Gasteiger partial charge in [0, 0.05) is 18.2 Å². The molecule has 0 fully saturated rings. The molecule has 3 aromatic rings. The van der Waals surface area contributed by atoms with Crippen LogP contribution in [0.2, 0.25) is 0 Å². The zero-order valence-corrected chi connectivity index (χ0v) is 11.6. The van der Waals surface area contributed by atoms with Gasteiger partial charge in [-0.25, -0.2) is 4.68 Å². The second kappa shape index (κ2) is 5.81. The van der Waals surface area contributed by atoms with Crippen LogP contribution in [0.4, 0.5) is 0 Å². The zero-order chi connectivity index (χ0) is 14.7. The highest BCUT2D eigenvalue weighted by Gasteiger charge is 2.16. The molecule has 1 aromatic carbocycles. The molecule has 1 unspecified atom stereocenters. The van der Waals surface area contributed by atoms with Gasteiger partial charge in [-0.3, -0.25) is 11.3 Å². The highest BCUT2D eigenvalue weighted by molar-refractivity contribution is 5.31. The number of benzene rings is 1. The van der Waals surface area contributed by atoms with Crippen molar-refractivity contribution in [2.24, 2.45) is 12.9 Å². The van der Waals surface area contributed by atoms with Gasteiger partial charge in [0.25, 0.3) is 0 Å². The van der Waals surface area contributed by atoms with Crippen LogP contribution in [0.25, 0.3) is 5.69 Å². The summed E-state index contributed by atoms with van der Waals surface area (Å²) in [5, 5.41) is 16.3. The number of rotatable bonds is 5. The van der Waals surface area contributed by atoms with Gasteiger partial charge in [0.05, 0.1) is 25.0 Å². The number of tetrazole rings is 1. The molecule has 0 aliphatic rings. The number of hydrogen-bond donors (Lipinski definition) is 2. The van der Waals surface area contributed by atoms with Gasteiger partial charge in [-0.05, 0) is 17.3 Å². The summed E-state index contributed by atoms with van der Waals surface area (Å²) in [6, 6.07) is 9.78. The molecule has 2 heterocycles. The van der Waals surface area contributed by atoms with Crippen molar-refractivity contribution >= 4 is 0 Å². The van der Waals surface area contributed by atoms with Gasteiger partial charge in [0.2, 0.25) is 0 Å². The van der Waals surface area contributed by atoms with E-state index in [2.05, 4.69) is 25.9 Å². The lowest BCUT2D eigenvalue weighted by atomic mass is 10.1. The van der Waals surface area contributed by atoms with Crippen LogP contribution in [0.5, 0.6) is 0 Å². The fraction of sp³-hybridized carbons (Fsp3) is 0.231.